The van der Waals surface area contributed by atoms with Gasteiger partial charge in [0.1, 0.15) is 5.75 Å². The maximum Gasteiger partial charge on any atom is 0.162 e. The number of carbonyl (C=O) groups excluding carboxylic acids is 1. The van der Waals surface area contributed by atoms with E-state index in [9.17, 15) is 9.90 Å². The number of hydrogen-bond donors (Lipinski definition) is 1. The normalized spacial score (nSPS) is 9.83. The second kappa shape index (κ2) is 3.89. The zero-order valence-corrected chi connectivity index (χ0v) is 8.83. The van der Waals surface area contributed by atoms with Gasteiger partial charge in [0.2, 0.25) is 0 Å². The predicted octanol–water partition coefficient (Wildman–Crippen LogP) is 2.59. The van der Waals surface area contributed by atoms with E-state index in [2.05, 4.69) is 0 Å². The van der Waals surface area contributed by atoms with Gasteiger partial charge in [0.25, 0.3) is 0 Å². The Kier molecular flexibility index (Phi) is 3.08. The molecule has 0 unspecified atom stereocenters. The monoisotopic (exact) mass is 276 g/mol. The van der Waals surface area contributed by atoms with Crippen molar-refractivity contribution >= 4 is 28.4 Å². The fourth-order valence-electron chi connectivity index (χ4n) is 0.890. The number of hydrogen-bond acceptors (Lipinski definition) is 2. The van der Waals surface area contributed by atoms with E-state index in [1.165, 1.54) is 6.07 Å². The summed E-state index contributed by atoms with van der Waals surface area (Å²) in [5.41, 5.74) is 0.579. The number of aromatic hydroxyl groups is 1. The summed E-state index contributed by atoms with van der Waals surface area (Å²) in [6.07, 6.45) is 0.472. The molecule has 64 valence electrons. The third-order valence-corrected chi connectivity index (χ3v) is 2.50. The molecule has 0 bridgehead atoms. The molecule has 0 saturated heterocycles. The maximum absolute atomic E-state index is 11.2. The van der Waals surface area contributed by atoms with Crippen LogP contribution in [0, 0.1) is 3.57 Å². The highest BCUT2D eigenvalue weighted by Gasteiger charge is 2.05. The zero-order chi connectivity index (χ0) is 9.14. The molecule has 0 spiro atoms. The van der Waals surface area contributed by atoms with Crippen LogP contribution in [0.15, 0.2) is 18.2 Å². The van der Waals surface area contributed by atoms with E-state index < -0.39 is 0 Å². The molecule has 12 heavy (non-hydrogen) atoms. The zero-order valence-electron chi connectivity index (χ0n) is 6.67. The number of rotatable bonds is 2. The van der Waals surface area contributed by atoms with E-state index in [4.69, 9.17) is 0 Å². The number of phenols is 1. The molecule has 0 aliphatic rings. The summed E-state index contributed by atoms with van der Waals surface area (Å²) in [6, 6.07) is 4.97. The first-order chi connectivity index (χ1) is 5.65. The van der Waals surface area contributed by atoms with Gasteiger partial charge in [-0.15, -0.1) is 0 Å². The minimum Gasteiger partial charge on any atom is -0.507 e. The summed E-state index contributed by atoms with van der Waals surface area (Å²) >= 11 is 2.02. The molecule has 0 aliphatic carbocycles. The maximum atomic E-state index is 11.2. The van der Waals surface area contributed by atoms with Crippen molar-refractivity contribution in [3.05, 3.63) is 27.3 Å². The van der Waals surface area contributed by atoms with Gasteiger partial charge in [-0.3, -0.25) is 4.79 Å². The Morgan fingerprint density at radius 3 is 2.75 bits per heavy atom. The van der Waals surface area contributed by atoms with Crippen molar-refractivity contribution in [3.63, 3.8) is 0 Å². The fourth-order valence-corrected chi connectivity index (χ4v) is 1.23. The van der Waals surface area contributed by atoms with Gasteiger partial charge in [0.05, 0.1) is 3.57 Å². The van der Waals surface area contributed by atoms with Crippen LogP contribution in [-0.2, 0) is 0 Å². The molecule has 0 radical (unpaired) electrons. The molecule has 0 aromatic heterocycles. The highest BCUT2D eigenvalue weighted by atomic mass is 127. The summed E-state index contributed by atoms with van der Waals surface area (Å²) in [7, 11) is 0. The lowest BCUT2D eigenvalue weighted by Gasteiger charge is -2.00. The SMILES string of the molecule is CCC(=O)c1ccc(I)c(O)c1. The van der Waals surface area contributed by atoms with Gasteiger partial charge in [0, 0.05) is 12.0 Å². The number of benzene rings is 1. The minimum atomic E-state index is 0.0571. The molecule has 1 N–H and O–H groups in total. The van der Waals surface area contributed by atoms with E-state index in [0.717, 1.165) is 3.57 Å². The van der Waals surface area contributed by atoms with E-state index in [-0.39, 0.29) is 11.5 Å². The van der Waals surface area contributed by atoms with Crippen molar-refractivity contribution in [2.75, 3.05) is 0 Å². The first-order valence-electron chi connectivity index (χ1n) is 3.67. The van der Waals surface area contributed by atoms with E-state index in [1.807, 2.05) is 22.6 Å². The van der Waals surface area contributed by atoms with Gasteiger partial charge in [-0.05, 0) is 34.7 Å². The summed E-state index contributed by atoms with van der Waals surface area (Å²) in [4.78, 5) is 11.2. The molecule has 0 saturated carbocycles. The Morgan fingerprint density at radius 2 is 2.25 bits per heavy atom. The highest BCUT2D eigenvalue weighted by Crippen LogP contribution is 2.20. The third kappa shape index (κ3) is 1.97. The quantitative estimate of drug-likeness (QED) is 0.666. The van der Waals surface area contributed by atoms with E-state index in [0.29, 0.717) is 12.0 Å². The van der Waals surface area contributed by atoms with Crippen molar-refractivity contribution in [3.8, 4) is 5.75 Å². The average Bonchev–Trinajstić information content (AvgIpc) is 2.08. The van der Waals surface area contributed by atoms with Crippen LogP contribution in [0.25, 0.3) is 0 Å². The fraction of sp³-hybridized carbons (Fsp3) is 0.222. The standard InChI is InChI=1S/C9H9IO2/c1-2-8(11)6-3-4-7(10)9(12)5-6/h3-5,12H,2H2,1H3. The van der Waals surface area contributed by atoms with Crippen LogP contribution in [0.2, 0.25) is 0 Å². The smallest absolute Gasteiger partial charge is 0.162 e. The summed E-state index contributed by atoms with van der Waals surface area (Å²) in [6.45, 7) is 1.80. The Labute approximate surface area is 84.7 Å². The Bertz CT molecular complexity index is 307. The van der Waals surface area contributed by atoms with Gasteiger partial charge >= 0.3 is 0 Å². The molecule has 2 nitrogen and oxygen atoms in total. The van der Waals surface area contributed by atoms with Crippen molar-refractivity contribution in [2.24, 2.45) is 0 Å². The molecule has 0 aliphatic heterocycles. The summed E-state index contributed by atoms with van der Waals surface area (Å²) in [5.74, 6) is 0.233. The highest BCUT2D eigenvalue weighted by molar-refractivity contribution is 14.1. The molecule has 3 heteroatoms. The van der Waals surface area contributed by atoms with Crippen molar-refractivity contribution in [1.82, 2.24) is 0 Å². The minimum absolute atomic E-state index is 0.0571. The first kappa shape index (κ1) is 9.51. The molecule has 0 heterocycles. The van der Waals surface area contributed by atoms with E-state index in [1.54, 1.807) is 19.1 Å². The van der Waals surface area contributed by atoms with Crippen LogP contribution in [-0.4, -0.2) is 10.9 Å². The number of Topliss-reactive ketones (excluding diaryl/α,β-unsaturated/α-hetero) is 1. The van der Waals surface area contributed by atoms with Gasteiger partial charge < -0.3 is 5.11 Å². The summed E-state index contributed by atoms with van der Waals surface area (Å²) < 4.78 is 0.764. The predicted molar refractivity (Wildman–Crippen MR) is 55.4 cm³/mol. The van der Waals surface area contributed by atoms with Crippen LogP contribution in [0.5, 0.6) is 5.75 Å². The summed E-state index contributed by atoms with van der Waals surface area (Å²) in [5, 5.41) is 9.28. The van der Waals surface area contributed by atoms with Gasteiger partial charge in [-0.1, -0.05) is 13.0 Å². The number of halogens is 1. The molecule has 0 fully saturated rings. The van der Waals surface area contributed by atoms with Crippen molar-refractivity contribution in [2.45, 2.75) is 13.3 Å². The second-order valence-corrected chi connectivity index (χ2v) is 3.61. The average molecular weight is 276 g/mol. The molecular weight excluding hydrogens is 267 g/mol. The second-order valence-electron chi connectivity index (χ2n) is 2.44. The first-order valence-corrected chi connectivity index (χ1v) is 4.74. The third-order valence-electron chi connectivity index (χ3n) is 1.59. The molecule has 1 aromatic carbocycles. The van der Waals surface area contributed by atoms with Crippen LogP contribution in [0.1, 0.15) is 23.7 Å². The Morgan fingerprint density at radius 1 is 1.58 bits per heavy atom. The lowest BCUT2D eigenvalue weighted by atomic mass is 10.1. The molecule has 1 aromatic rings. The molecule has 0 amide bonds. The Hall–Kier alpha value is -0.580. The lowest BCUT2D eigenvalue weighted by Crippen LogP contribution is -1.95. The topological polar surface area (TPSA) is 37.3 Å². The van der Waals surface area contributed by atoms with Crippen molar-refractivity contribution in [1.29, 1.82) is 0 Å². The molecular formula is C9H9IO2. The van der Waals surface area contributed by atoms with Crippen LogP contribution >= 0.6 is 22.6 Å². The molecule has 0 atom stereocenters. The van der Waals surface area contributed by atoms with Crippen LogP contribution in [0.4, 0.5) is 0 Å². The number of phenolic OH excluding ortho intramolecular Hbond substituents is 1. The van der Waals surface area contributed by atoms with Gasteiger partial charge in [-0.2, -0.15) is 0 Å². The van der Waals surface area contributed by atoms with E-state index >= 15 is 0 Å². The Balaban J connectivity index is 3.05. The number of ketones is 1. The molecule has 1 rings (SSSR count). The van der Waals surface area contributed by atoms with Crippen molar-refractivity contribution < 1.29 is 9.90 Å². The van der Waals surface area contributed by atoms with Crippen LogP contribution in [0.3, 0.4) is 0 Å². The van der Waals surface area contributed by atoms with Crippen LogP contribution < -0.4 is 0 Å². The largest absolute Gasteiger partial charge is 0.507 e. The van der Waals surface area contributed by atoms with Gasteiger partial charge in [0.15, 0.2) is 5.78 Å². The van der Waals surface area contributed by atoms with Gasteiger partial charge in [-0.25, -0.2) is 0 Å². The lowest BCUT2D eigenvalue weighted by molar-refractivity contribution is 0.0988. The number of carbonyl (C=O) groups is 1.